The van der Waals surface area contributed by atoms with Gasteiger partial charge >= 0.3 is 5.97 Å². The molecule has 1 aliphatic carbocycles. The maximum absolute atomic E-state index is 12.8. The maximum atomic E-state index is 12.8. The summed E-state index contributed by atoms with van der Waals surface area (Å²) in [6.45, 7) is 4.38. The molecular formula is C19H22N2O3. The lowest BCUT2D eigenvalue weighted by Gasteiger charge is -2.20. The topological polar surface area (TPSA) is 62.5 Å². The van der Waals surface area contributed by atoms with Crippen LogP contribution in [0, 0.1) is 13.8 Å². The van der Waals surface area contributed by atoms with E-state index >= 15 is 0 Å². The van der Waals surface area contributed by atoms with Crippen LogP contribution in [0.1, 0.15) is 40.2 Å². The molecule has 1 saturated carbocycles. The Morgan fingerprint density at radius 3 is 2.46 bits per heavy atom. The van der Waals surface area contributed by atoms with Crippen molar-refractivity contribution in [1.29, 1.82) is 0 Å². The second-order valence-electron chi connectivity index (χ2n) is 6.41. The number of benzene rings is 1. The van der Waals surface area contributed by atoms with E-state index in [9.17, 15) is 9.59 Å². The Bertz CT molecular complexity index is 760. The lowest BCUT2D eigenvalue weighted by Crippen LogP contribution is -2.37. The van der Waals surface area contributed by atoms with E-state index in [1.807, 2.05) is 38.1 Å². The molecule has 0 saturated heterocycles. The minimum absolute atomic E-state index is 0.0748. The summed E-state index contributed by atoms with van der Waals surface area (Å²) in [6.07, 6.45) is 1.78. The SMILES string of the molecule is Cc1cc(C(=O)N(CC(=O)O)C2CC2)c(C)n1Cc1ccccc1. The van der Waals surface area contributed by atoms with Gasteiger partial charge in [0.05, 0.1) is 5.56 Å². The third-order valence-electron chi connectivity index (χ3n) is 4.54. The molecule has 3 rings (SSSR count). The number of carboxylic acids is 1. The van der Waals surface area contributed by atoms with Crippen molar-refractivity contribution >= 4 is 11.9 Å². The van der Waals surface area contributed by atoms with Crippen molar-refractivity contribution in [2.24, 2.45) is 0 Å². The monoisotopic (exact) mass is 326 g/mol. The highest BCUT2D eigenvalue weighted by Gasteiger charge is 2.35. The lowest BCUT2D eigenvalue weighted by molar-refractivity contribution is -0.137. The van der Waals surface area contributed by atoms with E-state index in [0.717, 1.165) is 24.2 Å². The Kier molecular flexibility index (Phi) is 4.42. The fraction of sp³-hybridized carbons (Fsp3) is 0.368. The summed E-state index contributed by atoms with van der Waals surface area (Å²) in [4.78, 5) is 25.4. The molecule has 0 aliphatic heterocycles. The molecule has 1 aliphatic rings. The minimum atomic E-state index is -0.964. The summed E-state index contributed by atoms with van der Waals surface area (Å²) >= 11 is 0. The quantitative estimate of drug-likeness (QED) is 0.888. The molecule has 0 atom stereocenters. The maximum Gasteiger partial charge on any atom is 0.323 e. The van der Waals surface area contributed by atoms with Crippen LogP contribution < -0.4 is 0 Å². The van der Waals surface area contributed by atoms with E-state index < -0.39 is 5.97 Å². The molecule has 5 heteroatoms. The van der Waals surface area contributed by atoms with E-state index in [1.165, 1.54) is 10.5 Å². The molecule has 0 radical (unpaired) electrons. The first-order chi connectivity index (χ1) is 11.5. The van der Waals surface area contributed by atoms with Crippen molar-refractivity contribution in [1.82, 2.24) is 9.47 Å². The van der Waals surface area contributed by atoms with Gasteiger partial charge in [0.25, 0.3) is 5.91 Å². The van der Waals surface area contributed by atoms with Gasteiger partial charge < -0.3 is 14.6 Å². The normalized spacial score (nSPS) is 13.8. The van der Waals surface area contributed by atoms with Gasteiger partial charge in [-0.1, -0.05) is 30.3 Å². The number of carboxylic acid groups (broad SMARTS) is 1. The van der Waals surface area contributed by atoms with Crippen LogP contribution in [0.4, 0.5) is 0 Å². The highest BCUT2D eigenvalue weighted by Crippen LogP contribution is 2.29. The van der Waals surface area contributed by atoms with E-state index in [0.29, 0.717) is 12.1 Å². The van der Waals surface area contributed by atoms with Crippen molar-refractivity contribution < 1.29 is 14.7 Å². The Labute approximate surface area is 141 Å². The first-order valence-corrected chi connectivity index (χ1v) is 8.20. The van der Waals surface area contributed by atoms with Crippen LogP contribution in [-0.4, -0.2) is 39.0 Å². The average Bonchev–Trinajstić information content (AvgIpc) is 3.35. The molecule has 1 aromatic heterocycles. The number of amides is 1. The van der Waals surface area contributed by atoms with E-state index in [4.69, 9.17) is 5.11 Å². The summed E-state index contributed by atoms with van der Waals surface area (Å²) in [6, 6.07) is 12.0. The van der Waals surface area contributed by atoms with Gasteiger partial charge in [0.15, 0.2) is 0 Å². The van der Waals surface area contributed by atoms with Crippen molar-refractivity contribution in [2.75, 3.05) is 6.54 Å². The van der Waals surface area contributed by atoms with Crippen LogP contribution in [0.5, 0.6) is 0 Å². The molecule has 1 heterocycles. The Hall–Kier alpha value is -2.56. The zero-order valence-electron chi connectivity index (χ0n) is 14.0. The van der Waals surface area contributed by atoms with Gasteiger partial charge in [-0.2, -0.15) is 0 Å². The van der Waals surface area contributed by atoms with Crippen molar-refractivity contribution in [3.05, 3.63) is 58.9 Å². The fourth-order valence-corrected chi connectivity index (χ4v) is 3.08. The number of aliphatic carboxylic acids is 1. The molecule has 1 fully saturated rings. The molecule has 126 valence electrons. The first kappa shape index (κ1) is 16.3. The summed E-state index contributed by atoms with van der Waals surface area (Å²) in [5.74, 6) is -1.14. The van der Waals surface area contributed by atoms with Gasteiger partial charge in [0, 0.05) is 24.0 Å². The third kappa shape index (κ3) is 3.35. The van der Waals surface area contributed by atoms with Crippen LogP contribution in [-0.2, 0) is 11.3 Å². The second kappa shape index (κ2) is 6.51. The molecule has 0 bridgehead atoms. The van der Waals surface area contributed by atoms with Crippen LogP contribution in [0.15, 0.2) is 36.4 Å². The number of hydrogen-bond donors (Lipinski definition) is 1. The molecule has 1 N–H and O–H groups in total. The molecule has 0 spiro atoms. The highest BCUT2D eigenvalue weighted by molar-refractivity contribution is 5.97. The molecule has 5 nitrogen and oxygen atoms in total. The van der Waals surface area contributed by atoms with Crippen molar-refractivity contribution in [2.45, 2.75) is 39.3 Å². The number of rotatable bonds is 6. The Balaban J connectivity index is 1.87. The van der Waals surface area contributed by atoms with Gasteiger partial charge in [-0.25, -0.2) is 0 Å². The van der Waals surface area contributed by atoms with Crippen molar-refractivity contribution in [3.8, 4) is 0 Å². The number of aromatic nitrogens is 1. The average molecular weight is 326 g/mol. The Morgan fingerprint density at radius 1 is 1.21 bits per heavy atom. The number of hydrogen-bond acceptors (Lipinski definition) is 2. The zero-order valence-corrected chi connectivity index (χ0v) is 14.0. The first-order valence-electron chi connectivity index (χ1n) is 8.20. The van der Waals surface area contributed by atoms with Crippen LogP contribution in [0.25, 0.3) is 0 Å². The molecule has 24 heavy (non-hydrogen) atoms. The smallest absolute Gasteiger partial charge is 0.323 e. The largest absolute Gasteiger partial charge is 0.480 e. The Morgan fingerprint density at radius 2 is 1.88 bits per heavy atom. The third-order valence-corrected chi connectivity index (χ3v) is 4.54. The molecule has 2 aromatic rings. The fourth-order valence-electron chi connectivity index (χ4n) is 3.08. The van der Waals surface area contributed by atoms with Gasteiger partial charge in [0.2, 0.25) is 0 Å². The summed E-state index contributed by atoms with van der Waals surface area (Å²) in [7, 11) is 0. The molecule has 1 aromatic carbocycles. The highest BCUT2D eigenvalue weighted by atomic mass is 16.4. The predicted octanol–water partition coefficient (Wildman–Crippen LogP) is 2.84. The van der Waals surface area contributed by atoms with E-state index in [-0.39, 0.29) is 18.5 Å². The summed E-state index contributed by atoms with van der Waals surface area (Å²) in [5.41, 5.74) is 3.67. The van der Waals surface area contributed by atoms with E-state index in [1.54, 1.807) is 0 Å². The number of aryl methyl sites for hydroxylation is 1. The van der Waals surface area contributed by atoms with Crippen LogP contribution >= 0.6 is 0 Å². The second-order valence-corrected chi connectivity index (χ2v) is 6.41. The number of nitrogens with zero attached hydrogens (tertiary/aromatic N) is 2. The number of carbonyl (C=O) groups is 2. The van der Waals surface area contributed by atoms with Gasteiger partial charge in [-0.3, -0.25) is 9.59 Å². The van der Waals surface area contributed by atoms with E-state index in [2.05, 4.69) is 16.7 Å². The predicted molar refractivity (Wildman–Crippen MR) is 91.1 cm³/mol. The van der Waals surface area contributed by atoms with Crippen LogP contribution in [0.3, 0.4) is 0 Å². The standard InChI is InChI=1S/C19H22N2O3/c1-13-10-17(19(24)21(12-18(22)23)16-8-9-16)14(2)20(13)11-15-6-4-3-5-7-15/h3-7,10,16H,8-9,11-12H2,1-2H3,(H,22,23). The zero-order chi connectivity index (χ0) is 17.3. The molecule has 0 unspecified atom stereocenters. The molecule has 1 amide bonds. The number of carbonyl (C=O) groups excluding carboxylic acids is 1. The summed E-state index contributed by atoms with van der Waals surface area (Å²) in [5, 5.41) is 9.08. The molecular weight excluding hydrogens is 304 g/mol. The van der Waals surface area contributed by atoms with Gasteiger partial charge in [-0.15, -0.1) is 0 Å². The van der Waals surface area contributed by atoms with Crippen LogP contribution in [0.2, 0.25) is 0 Å². The minimum Gasteiger partial charge on any atom is -0.480 e. The van der Waals surface area contributed by atoms with Gasteiger partial charge in [0.1, 0.15) is 6.54 Å². The lowest BCUT2D eigenvalue weighted by atomic mass is 10.2. The summed E-state index contributed by atoms with van der Waals surface area (Å²) < 4.78 is 2.11. The van der Waals surface area contributed by atoms with Crippen molar-refractivity contribution in [3.63, 3.8) is 0 Å². The van der Waals surface area contributed by atoms with Gasteiger partial charge in [-0.05, 0) is 38.3 Å².